The fourth-order valence-electron chi connectivity index (χ4n) is 1.93. The van der Waals surface area contributed by atoms with E-state index in [1.165, 1.54) is 23.9 Å². The number of amides is 1. The molecule has 0 aliphatic rings. The lowest BCUT2D eigenvalue weighted by Gasteiger charge is -2.13. The van der Waals surface area contributed by atoms with Crippen LogP contribution in [0.5, 0.6) is 0 Å². The van der Waals surface area contributed by atoms with Crippen LogP contribution in [0.4, 0.5) is 14.5 Å². The number of benzene rings is 2. The predicted molar refractivity (Wildman–Crippen MR) is 86.3 cm³/mol. The summed E-state index contributed by atoms with van der Waals surface area (Å²) in [6, 6.07) is 12.6. The van der Waals surface area contributed by atoms with Gasteiger partial charge >= 0.3 is 0 Å². The fourth-order valence-corrected chi connectivity index (χ4v) is 2.92. The summed E-state index contributed by atoms with van der Waals surface area (Å²) in [5, 5.41) is 11.4. The number of hydrogen-bond acceptors (Lipinski definition) is 3. The molecule has 3 nitrogen and oxygen atoms in total. The number of para-hydroxylation sites is 1. The van der Waals surface area contributed by atoms with Gasteiger partial charge in [-0.1, -0.05) is 25.1 Å². The Bertz CT molecular complexity index is 758. The topological polar surface area (TPSA) is 52.9 Å². The van der Waals surface area contributed by atoms with Crippen LogP contribution in [-0.2, 0) is 0 Å². The molecule has 23 heavy (non-hydrogen) atoms. The van der Waals surface area contributed by atoms with Gasteiger partial charge in [0.2, 0.25) is 0 Å². The van der Waals surface area contributed by atoms with E-state index in [-0.39, 0.29) is 10.8 Å². The van der Waals surface area contributed by atoms with E-state index in [9.17, 15) is 13.6 Å². The van der Waals surface area contributed by atoms with E-state index in [2.05, 4.69) is 11.4 Å². The lowest BCUT2D eigenvalue weighted by atomic mass is 10.2. The Morgan fingerprint density at radius 1 is 1.26 bits per heavy atom. The minimum atomic E-state index is -1.17. The van der Waals surface area contributed by atoms with E-state index in [1.54, 1.807) is 24.3 Å². The molecule has 6 heteroatoms. The van der Waals surface area contributed by atoms with Gasteiger partial charge in [0.05, 0.1) is 17.3 Å². The highest BCUT2D eigenvalue weighted by Gasteiger charge is 2.17. The van der Waals surface area contributed by atoms with Crippen molar-refractivity contribution < 1.29 is 13.6 Å². The smallest absolute Gasteiger partial charge is 0.258 e. The summed E-state index contributed by atoms with van der Waals surface area (Å²) in [7, 11) is 0. The molecule has 2 aromatic rings. The van der Waals surface area contributed by atoms with E-state index in [4.69, 9.17) is 5.26 Å². The molecular weight excluding hydrogens is 318 g/mol. The van der Waals surface area contributed by atoms with Crippen molar-refractivity contribution in [3.05, 3.63) is 59.7 Å². The van der Waals surface area contributed by atoms with Crippen molar-refractivity contribution in [1.29, 1.82) is 5.26 Å². The zero-order valence-corrected chi connectivity index (χ0v) is 13.2. The Balaban J connectivity index is 2.21. The van der Waals surface area contributed by atoms with E-state index in [1.807, 2.05) is 6.92 Å². The van der Waals surface area contributed by atoms with Gasteiger partial charge < -0.3 is 5.32 Å². The number of carbonyl (C=O) groups is 1. The molecule has 0 radical (unpaired) electrons. The van der Waals surface area contributed by atoms with Gasteiger partial charge in [0.1, 0.15) is 0 Å². The molecule has 0 saturated carbocycles. The van der Waals surface area contributed by atoms with Crippen LogP contribution in [0.15, 0.2) is 47.4 Å². The maximum Gasteiger partial charge on any atom is 0.258 e. The van der Waals surface area contributed by atoms with Crippen LogP contribution in [0.2, 0.25) is 0 Å². The lowest BCUT2D eigenvalue weighted by molar-refractivity contribution is 0.102. The van der Waals surface area contributed by atoms with Crippen LogP contribution in [0, 0.1) is 23.0 Å². The van der Waals surface area contributed by atoms with Gasteiger partial charge in [0.25, 0.3) is 5.91 Å². The first kappa shape index (κ1) is 17.0. The Morgan fingerprint density at radius 2 is 2.00 bits per heavy atom. The zero-order chi connectivity index (χ0) is 16.8. The van der Waals surface area contributed by atoms with Crippen LogP contribution in [0.25, 0.3) is 0 Å². The van der Waals surface area contributed by atoms with Crippen LogP contribution in [0.1, 0.15) is 23.7 Å². The molecule has 0 aliphatic carbocycles. The zero-order valence-electron chi connectivity index (χ0n) is 12.3. The maximum absolute atomic E-state index is 13.7. The van der Waals surface area contributed by atoms with Crippen molar-refractivity contribution in [3.63, 3.8) is 0 Å². The third kappa shape index (κ3) is 4.30. The normalized spacial score (nSPS) is 11.6. The number of carbonyl (C=O) groups excluding carboxylic acids is 1. The standard InChI is InChI=1S/C17H14F2N2OS/c1-11(9-10-20)23-15-8-3-2-7-14(15)21-17(22)12-5-4-6-13(18)16(12)19/h2-8,11H,9H2,1H3,(H,21,22). The summed E-state index contributed by atoms with van der Waals surface area (Å²) in [6.45, 7) is 1.90. The minimum absolute atomic E-state index is 0.0453. The van der Waals surface area contributed by atoms with E-state index < -0.39 is 17.5 Å². The lowest BCUT2D eigenvalue weighted by Crippen LogP contribution is -2.15. The summed E-state index contributed by atoms with van der Waals surface area (Å²) in [5.74, 6) is -2.96. The molecule has 0 saturated heterocycles. The van der Waals surface area contributed by atoms with E-state index in [0.29, 0.717) is 12.1 Å². The third-order valence-electron chi connectivity index (χ3n) is 3.04. The Kier molecular flexibility index (Phi) is 5.72. The monoisotopic (exact) mass is 332 g/mol. The average molecular weight is 332 g/mol. The Morgan fingerprint density at radius 3 is 2.74 bits per heavy atom. The largest absolute Gasteiger partial charge is 0.321 e. The van der Waals surface area contributed by atoms with Crippen LogP contribution in [-0.4, -0.2) is 11.2 Å². The highest BCUT2D eigenvalue weighted by atomic mass is 32.2. The summed E-state index contributed by atoms with van der Waals surface area (Å²) in [5.41, 5.74) is 0.144. The van der Waals surface area contributed by atoms with Gasteiger partial charge in [-0.05, 0) is 24.3 Å². The van der Waals surface area contributed by atoms with Crippen LogP contribution in [0.3, 0.4) is 0 Å². The summed E-state index contributed by atoms with van der Waals surface area (Å²) in [4.78, 5) is 12.9. The first-order valence-corrected chi connectivity index (χ1v) is 7.79. The van der Waals surface area contributed by atoms with Gasteiger partial charge in [0, 0.05) is 16.6 Å². The summed E-state index contributed by atoms with van der Waals surface area (Å²) < 4.78 is 26.9. The summed E-state index contributed by atoms with van der Waals surface area (Å²) in [6.07, 6.45) is 0.367. The number of hydrogen-bond donors (Lipinski definition) is 1. The predicted octanol–water partition coefficient (Wildman–Crippen LogP) is 4.61. The highest BCUT2D eigenvalue weighted by molar-refractivity contribution is 8.00. The molecule has 0 spiro atoms. The van der Waals surface area contributed by atoms with Crippen molar-refractivity contribution >= 4 is 23.4 Å². The van der Waals surface area contributed by atoms with Gasteiger partial charge in [-0.3, -0.25) is 4.79 Å². The molecule has 0 heterocycles. The molecule has 0 bridgehead atoms. The number of nitriles is 1. The molecule has 0 aliphatic heterocycles. The summed E-state index contributed by atoms with van der Waals surface area (Å²) >= 11 is 1.43. The highest BCUT2D eigenvalue weighted by Crippen LogP contribution is 2.31. The molecule has 1 amide bonds. The number of anilines is 1. The maximum atomic E-state index is 13.7. The quantitative estimate of drug-likeness (QED) is 0.813. The molecule has 2 rings (SSSR count). The van der Waals surface area contributed by atoms with Crippen molar-refractivity contribution in [2.45, 2.75) is 23.5 Å². The Hall–Kier alpha value is -2.39. The number of halogens is 2. The van der Waals surface area contributed by atoms with Crippen molar-refractivity contribution in [2.75, 3.05) is 5.32 Å². The first-order chi connectivity index (χ1) is 11.0. The van der Waals surface area contributed by atoms with E-state index >= 15 is 0 Å². The molecule has 118 valence electrons. The molecule has 1 N–H and O–H groups in total. The first-order valence-electron chi connectivity index (χ1n) is 6.91. The van der Waals surface area contributed by atoms with Gasteiger partial charge in [0.15, 0.2) is 11.6 Å². The van der Waals surface area contributed by atoms with Gasteiger partial charge in [-0.2, -0.15) is 5.26 Å². The molecule has 1 atom stereocenters. The van der Waals surface area contributed by atoms with Crippen molar-refractivity contribution in [2.24, 2.45) is 0 Å². The molecule has 0 aromatic heterocycles. The second-order valence-corrected chi connectivity index (χ2v) is 6.32. The number of rotatable bonds is 5. The number of nitrogens with zero attached hydrogens (tertiary/aromatic N) is 1. The number of thioether (sulfide) groups is 1. The molecule has 1 unspecified atom stereocenters. The second kappa shape index (κ2) is 7.75. The molecule has 0 fully saturated rings. The van der Waals surface area contributed by atoms with Gasteiger partial charge in [-0.15, -0.1) is 11.8 Å². The second-order valence-electron chi connectivity index (χ2n) is 4.84. The van der Waals surface area contributed by atoms with Gasteiger partial charge in [-0.25, -0.2) is 8.78 Å². The number of nitrogens with one attached hydrogen (secondary N) is 1. The third-order valence-corrected chi connectivity index (χ3v) is 4.22. The van der Waals surface area contributed by atoms with E-state index in [0.717, 1.165) is 11.0 Å². The van der Waals surface area contributed by atoms with Crippen molar-refractivity contribution in [1.82, 2.24) is 0 Å². The van der Waals surface area contributed by atoms with Crippen LogP contribution >= 0.6 is 11.8 Å². The molecular formula is C17H14F2N2OS. The fraction of sp³-hybridized carbons (Fsp3) is 0.176. The minimum Gasteiger partial charge on any atom is -0.321 e. The van der Waals surface area contributed by atoms with Crippen molar-refractivity contribution in [3.8, 4) is 6.07 Å². The molecule has 2 aromatic carbocycles. The Labute approximate surface area is 137 Å². The SMILES string of the molecule is CC(CC#N)Sc1ccccc1NC(=O)c1cccc(F)c1F. The average Bonchev–Trinajstić information content (AvgIpc) is 2.52. The van der Waals surface area contributed by atoms with Crippen LogP contribution < -0.4 is 5.32 Å².